The number of H-pyrrole nitrogens is 1. The number of ether oxygens (including phenoxy) is 2. The fraction of sp³-hybridized carbons (Fsp3) is 0.100. The quantitative estimate of drug-likeness (QED) is 0.508. The van der Waals surface area contributed by atoms with Crippen LogP contribution in [0.4, 0.5) is 0 Å². The van der Waals surface area contributed by atoms with Crippen molar-refractivity contribution in [2.45, 2.75) is 0 Å². The van der Waals surface area contributed by atoms with E-state index in [0.29, 0.717) is 22.1 Å². The zero-order chi connectivity index (χ0) is 18.5. The van der Waals surface area contributed by atoms with E-state index in [1.54, 1.807) is 44.6 Å². The highest BCUT2D eigenvalue weighted by molar-refractivity contribution is 6.30. The number of halogens is 1. The largest absolute Gasteiger partial charge is 0.493 e. The number of rotatable bonds is 6. The third-order valence-electron chi connectivity index (χ3n) is 3.82. The molecule has 0 atom stereocenters. The highest BCUT2D eigenvalue weighted by Crippen LogP contribution is 2.31. The molecule has 0 bridgehead atoms. The summed E-state index contributed by atoms with van der Waals surface area (Å²) in [5.74, 6) is 1.17. The van der Waals surface area contributed by atoms with Gasteiger partial charge in [0.1, 0.15) is 0 Å². The first-order valence-corrected chi connectivity index (χ1v) is 8.24. The van der Waals surface area contributed by atoms with Crippen LogP contribution in [0.1, 0.15) is 16.1 Å². The fourth-order valence-corrected chi connectivity index (χ4v) is 2.57. The van der Waals surface area contributed by atoms with Crippen LogP contribution in [-0.4, -0.2) is 30.2 Å². The van der Waals surface area contributed by atoms with Gasteiger partial charge in [-0.2, -0.15) is 5.10 Å². The van der Waals surface area contributed by atoms with E-state index in [1.165, 1.54) is 6.08 Å². The van der Waals surface area contributed by atoms with Gasteiger partial charge in [0.2, 0.25) is 0 Å². The van der Waals surface area contributed by atoms with Crippen LogP contribution in [0.2, 0.25) is 5.02 Å². The van der Waals surface area contributed by atoms with Crippen molar-refractivity contribution in [3.8, 4) is 22.8 Å². The number of ketones is 1. The van der Waals surface area contributed by atoms with E-state index in [4.69, 9.17) is 21.1 Å². The first kappa shape index (κ1) is 17.8. The van der Waals surface area contributed by atoms with Crippen LogP contribution >= 0.6 is 11.6 Å². The molecule has 0 amide bonds. The Bertz CT molecular complexity index is 946. The van der Waals surface area contributed by atoms with Crippen LogP contribution < -0.4 is 9.47 Å². The molecule has 0 saturated heterocycles. The van der Waals surface area contributed by atoms with Crippen LogP contribution in [0.3, 0.4) is 0 Å². The molecular weight excluding hydrogens is 352 g/mol. The third-order valence-corrected chi connectivity index (χ3v) is 4.07. The predicted molar refractivity (Wildman–Crippen MR) is 102 cm³/mol. The van der Waals surface area contributed by atoms with E-state index < -0.39 is 0 Å². The number of benzene rings is 2. The lowest BCUT2D eigenvalue weighted by Crippen LogP contribution is -1.93. The Balaban J connectivity index is 1.77. The summed E-state index contributed by atoms with van der Waals surface area (Å²) in [6.45, 7) is 0. The van der Waals surface area contributed by atoms with E-state index in [-0.39, 0.29) is 5.78 Å². The Morgan fingerprint density at radius 1 is 1.04 bits per heavy atom. The number of aromatic amines is 1. The normalized spacial score (nSPS) is 10.9. The molecule has 3 aromatic rings. The maximum absolute atomic E-state index is 12.2. The van der Waals surface area contributed by atoms with Crippen LogP contribution in [0.25, 0.3) is 17.3 Å². The second kappa shape index (κ2) is 7.89. The van der Waals surface area contributed by atoms with E-state index in [9.17, 15) is 4.79 Å². The number of hydrogen-bond donors (Lipinski definition) is 1. The lowest BCUT2D eigenvalue weighted by atomic mass is 10.1. The van der Waals surface area contributed by atoms with Gasteiger partial charge in [0.25, 0.3) is 0 Å². The fourth-order valence-electron chi connectivity index (χ4n) is 2.44. The molecule has 1 heterocycles. The van der Waals surface area contributed by atoms with Gasteiger partial charge >= 0.3 is 0 Å². The summed E-state index contributed by atoms with van der Waals surface area (Å²) in [4.78, 5) is 12.2. The maximum atomic E-state index is 12.2. The van der Waals surface area contributed by atoms with Gasteiger partial charge in [-0.1, -0.05) is 11.6 Å². The lowest BCUT2D eigenvalue weighted by molar-refractivity contribution is 0.104. The molecular formula is C20H17ClN2O3. The van der Waals surface area contributed by atoms with Gasteiger partial charge in [0, 0.05) is 16.1 Å². The number of carbonyl (C=O) groups excluding carboxylic acids is 1. The van der Waals surface area contributed by atoms with Crippen molar-refractivity contribution < 1.29 is 14.3 Å². The highest BCUT2D eigenvalue weighted by Gasteiger charge is 2.09. The first-order valence-electron chi connectivity index (χ1n) is 7.86. The minimum absolute atomic E-state index is 0.107. The van der Waals surface area contributed by atoms with Crippen molar-refractivity contribution in [3.63, 3.8) is 0 Å². The van der Waals surface area contributed by atoms with E-state index in [2.05, 4.69) is 10.2 Å². The topological polar surface area (TPSA) is 64.2 Å². The van der Waals surface area contributed by atoms with Gasteiger partial charge in [-0.05, 0) is 60.7 Å². The smallest absolute Gasteiger partial charge is 0.185 e. The number of methoxy groups -OCH3 is 2. The lowest BCUT2D eigenvalue weighted by Gasteiger charge is -2.08. The third kappa shape index (κ3) is 3.95. The van der Waals surface area contributed by atoms with Crippen molar-refractivity contribution in [2.75, 3.05) is 14.2 Å². The van der Waals surface area contributed by atoms with Crippen LogP contribution in [0.5, 0.6) is 11.5 Å². The van der Waals surface area contributed by atoms with Gasteiger partial charge in [-0.3, -0.25) is 9.89 Å². The van der Waals surface area contributed by atoms with E-state index >= 15 is 0 Å². The molecule has 0 unspecified atom stereocenters. The Hall–Kier alpha value is -3.05. The molecule has 0 aliphatic carbocycles. The van der Waals surface area contributed by atoms with E-state index in [1.807, 2.05) is 24.3 Å². The summed E-state index contributed by atoms with van der Waals surface area (Å²) in [5.41, 5.74) is 2.91. The summed E-state index contributed by atoms with van der Waals surface area (Å²) < 4.78 is 10.5. The van der Waals surface area contributed by atoms with Crippen molar-refractivity contribution >= 4 is 23.5 Å². The molecule has 26 heavy (non-hydrogen) atoms. The number of nitrogens with one attached hydrogen (secondary N) is 1. The summed E-state index contributed by atoms with van der Waals surface area (Å²) in [7, 11) is 3.18. The molecule has 2 aromatic carbocycles. The molecule has 0 spiro atoms. The summed E-state index contributed by atoms with van der Waals surface area (Å²) >= 11 is 5.83. The zero-order valence-electron chi connectivity index (χ0n) is 14.3. The predicted octanol–water partition coefficient (Wildman–Crippen LogP) is 4.64. The zero-order valence-corrected chi connectivity index (χ0v) is 15.1. The number of nitrogens with zero attached hydrogens (tertiary/aromatic N) is 1. The molecule has 0 aliphatic heterocycles. The second-order valence-electron chi connectivity index (χ2n) is 5.48. The van der Waals surface area contributed by atoms with Crippen molar-refractivity contribution in [2.24, 2.45) is 0 Å². The van der Waals surface area contributed by atoms with Gasteiger partial charge < -0.3 is 9.47 Å². The molecule has 0 aliphatic rings. The molecule has 3 rings (SSSR count). The first-order chi connectivity index (χ1) is 12.6. The minimum Gasteiger partial charge on any atom is -0.493 e. The Labute approximate surface area is 156 Å². The molecule has 5 nitrogen and oxygen atoms in total. The van der Waals surface area contributed by atoms with Crippen molar-refractivity contribution in [1.82, 2.24) is 10.2 Å². The Morgan fingerprint density at radius 2 is 1.77 bits per heavy atom. The van der Waals surface area contributed by atoms with Gasteiger partial charge in [-0.25, -0.2) is 0 Å². The Kier molecular flexibility index (Phi) is 5.39. The summed E-state index contributed by atoms with van der Waals surface area (Å²) in [6.07, 6.45) is 3.18. The molecule has 0 radical (unpaired) electrons. The van der Waals surface area contributed by atoms with Gasteiger partial charge in [0.15, 0.2) is 17.3 Å². The molecule has 6 heteroatoms. The van der Waals surface area contributed by atoms with Crippen LogP contribution in [0, 0.1) is 0 Å². The van der Waals surface area contributed by atoms with E-state index in [0.717, 1.165) is 17.0 Å². The standard InChI is InChI=1S/C20H17ClN2O3/c1-25-19-10-5-14(11-20(19)26-2)17-12-16(22-23-17)8-9-18(24)13-3-6-15(21)7-4-13/h3-12H,1-2H3,(H,22,23). The monoisotopic (exact) mass is 368 g/mol. The number of allylic oxidation sites excluding steroid dienone is 1. The maximum Gasteiger partial charge on any atom is 0.185 e. The number of hydrogen-bond acceptors (Lipinski definition) is 4. The molecule has 1 aromatic heterocycles. The molecule has 132 valence electrons. The molecule has 0 saturated carbocycles. The van der Waals surface area contributed by atoms with Crippen molar-refractivity contribution in [3.05, 3.63) is 70.9 Å². The van der Waals surface area contributed by atoms with Gasteiger partial charge in [-0.15, -0.1) is 0 Å². The Morgan fingerprint density at radius 3 is 2.46 bits per heavy atom. The minimum atomic E-state index is -0.107. The number of aromatic nitrogens is 2. The van der Waals surface area contributed by atoms with Gasteiger partial charge in [0.05, 0.1) is 25.6 Å². The SMILES string of the molecule is COc1ccc(-c2cc(C=CC(=O)c3ccc(Cl)cc3)[nH]n2)cc1OC. The van der Waals surface area contributed by atoms with Crippen LogP contribution in [-0.2, 0) is 0 Å². The van der Waals surface area contributed by atoms with Crippen LogP contribution in [0.15, 0.2) is 54.6 Å². The second-order valence-corrected chi connectivity index (χ2v) is 5.92. The summed E-state index contributed by atoms with van der Waals surface area (Å²) in [5, 5.41) is 7.78. The van der Waals surface area contributed by atoms with Crippen molar-refractivity contribution in [1.29, 1.82) is 0 Å². The highest BCUT2D eigenvalue weighted by atomic mass is 35.5. The molecule has 0 fully saturated rings. The summed E-state index contributed by atoms with van der Waals surface area (Å²) in [6, 6.07) is 14.2. The molecule has 1 N–H and O–H groups in total. The average Bonchev–Trinajstić information content (AvgIpc) is 3.15. The number of carbonyl (C=O) groups is 1. The average molecular weight is 369 g/mol.